The minimum absolute atomic E-state index is 0.0349. The molecule has 0 aliphatic rings. The van der Waals surface area contributed by atoms with Crippen molar-refractivity contribution >= 4 is 6.03 Å². The molecule has 10 heteroatoms. The minimum atomic E-state index is -0.808. The maximum Gasteiger partial charge on any atom is 0.341 e. The Bertz CT molecular complexity index is 1020. The first-order valence-electron chi connectivity index (χ1n) is 8.26. The number of aryl methyl sites for hydroxylation is 1. The second-order valence-corrected chi connectivity index (χ2v) is 6.09. The molecule has 0 fully saturated rings. The van der Waals surface area contributed by atoms with Gasteiger partial charge in [0.2, 0.25) is 11.7 Å². The lowest BCUT2D eigenvalue weighted by molar-refractivity contribution is -0.0193. The van der Waals surface area contributed by atoms with Crippen LogP contribution in [0.25, 0.3) is 22.5 Å². The van der Waals surface area contributed by atoms with Gasteiger partial charge in [-0.15, -0.1) is 0 Å². The Morgan fingerprint density at radius 3 is 2.68 bits per heavy atom. The molecule has 0 spiro atoms. The van der Waals surface area contributed by atoms with Crippen molar-refractivity contribution in [1.82, 2.24) is 25.5 Å². The number of hydrogen-bond donors (Lipinski definition) is 2. The van der Waals surface area contributed by atoms with Crippen molar-refractivity contribution in [2.75, 3.05) is 7.05 Å². The Morgan fingerprint density at radius 2 is 2.07 bits per heavy atom. The summed E-state index contributed by atoms with van der Waals surface area (Å²) in [6, 6.07) is 3.88. The van der Waals surface area contributed by atoms with Crippen LogP contribution >= 0.6 is 0 Å². The maximum atomic E-state index is 14.6. The van der Waals surface area contributed by atoms with Crippen LogP contribution in [0.15, 0.2) is 35.0 Å². The van der Waals surface area contributed by atoms with E-state index in [1.165, 1.54) is 31.3 Å². The summed E-state index contributed by atoms with van der Waals surface area (Å²) in [5, 5.41) is 15.6. The third-order valence-electron chi connectivity index (χ3n) is 3.99. The van der Waals surface area contributed by atoms with Gasteiger partial charge in [-0.05, 0) is 24.6 Å². The SMILES string of the molecule is Cc1nc(-c2c(F)cccc2-c2cnc([C@@H](C)NC(=O)N(C)O)c(F)c2)no1. The van der Waals surface area contributed by atoms with Gasteiger partial charge < -0.3 is 9.84 Å². The molecule has 2 aromatic heterocycles. The number of carbonyl (C=O) groups excluding carboxylic acids is 1. The Labute approximate surface area is 158 Å². The molecule has 0 unspecified atom stereocenters. The second kappa shape index (κ2) is 7.69. The number of nitrogens with zero attached hydrogens (tertiary/aromatic N) is 4. The first kappa shape index (κ1) is 19.4. The molecular weight excluding hydrogens is 372 g/mol. The monoisotopic (exact) mass is 389 g/mol. The third kappa shape index (κ3) is 3.81. The Kier molecular flexibility index (Phi) is 5.32. The van der Waals surface area contributed by atoms with Gasteiger partial charge in [0.25, 0.3) is 0 Å². The molecule has 3 aromatic rings. The lowest BCUT2D eigenvalue weighted by atomic mass is 9.99. The van der Waals surface area contributed by atoms with E-state index in [-0.39, 0.29) is 23.0 Å². The quantitative estimate of drug-likeness (QED) is 0.523. The summed E-state index contributed by atoms with van der Waals surface area (Å²) in [6.07, 6.45) is 1.36. The molecule has 1 aromatic carbocycles. The largest absolute Gasteiger partial charge is 0.341 e. The van der Waals surface area contributed by atoms with Crippen LogP contribution in [0.3, 0.4) is 0 Å². The first-order chi connectivity index (χ1) is 13.3. The predicted octanol–water partition coefficient (Wildman–Crippen LogP) is 3.48. The number of pyridine rings is 1. The van der Waals surface area contributed by atoms with E-state index < -0.39 is 23.7 Å². The number of halogens is 2. The van der Waals surface area contributed by atoms with Gasteiger partial charge in [-0.1, -0.05) is 17.3 Å². The van der Waals surface area contributed by atoms with Gasteiger partial charge in [-0.2, -0.15) is 4.98 Å². The van der Waals surface area contributed by atoms with Crippen molar-refractivity contribution in [2.24, 2.45) is 0 Å². The molecule has 0 radical (unpaired) electrons. The Morgan fingerprint density at radius 1 is 1.32 bits per heavy atom. The second-order valence-electron chi connectivity index (χ2n) is 6.09. The van der Waals surface area contributed by atoms with Crippen LogP contribution in [0, 0.1) is 18.6 Å². The van der Waals surface area contributed by atoms with E-state index >= 15 is 0 Å². The highest BCUT2D eigenvalue weighted by Gasteiger charge is 2.21. The van der Waals surface area contributed by atoms with Gasteiger partial charge in [0.15, 0.2) is 0 Å². The number of hydroxylamine groups is 2. The minimum Gasteiger partial charge on any atom is -0.339 e. The molecule has 2 amide bonds. The number of urea groups is 1. The van der Waals surface area contributed by atoms with Crippen LogP contribution in [0.4, 0.5) is 13.6 Å². The van der Waals surface area contributed by atoms with Crippen molar-refractivity contribution < 1.29 is 23.3 Å². The molecular formula is C18H17F2N5O3. The zero-order valence-corrected chi connectivity index (χ0v) is 15.3. The summed E-state index contributed by atoms with van der Waals surface area (Å²) < 4.78 is 34.0. The highest BCUT2D eigenvalue weighted by molar-refractivity contribution is 5.80. The lowest BCUT2D eigenvalue weighted by Crippen LogP contribution is -2.37. The average molecular weight is 389 g/mol. The molecule has 0 aliphatic heterocycles. The van der Waals surface area contributed by atoms with E-state index in [0.29, 0.717) is 16.2 Å². The van der Waals surface area contributed by atoms with Crippen molar-refractivity contribution in [2.45, 2.75) is 19.9 Å². The normalized spacial score (nSPS) is 11.9. The van der Waals surface area contributed by atoms with Gasteiger partial charge in [-0.3, -0.25) is 10.2 Å². The summed E-state index contributed by atoms with van der Waals surface area (Å²) in [4.78, 5) is 19.6. The molecule has 2 heterocycles. The molecule has 0 saturated carbocycles. The maximum absolute atomic E-state index is 14.6. The number of carbonyl (C=O) groups is 1. The summed E-state index contributed by atoms with van der Waals surface area (Å²) in [6.45, 7) is 3.09. The zero-order valence-electron chi connectivity index (χ0n) is 15.3. The summed E-state index contributed by atoms with van der Waals surface area (Å²) >= 11 is 0. The molecule has 2 N–H and O–H groups in total. The molecule has 8 nitrogen and oxygen atoms in total. The van der Waals surface area contributed by atoms with Crippen molar-refractivity contribution in [1.29, 1.82) is 0 Å². The first-order valence-corrected chi connectivity index (χ1v) is 8.26. The van der Waals surface area contributed by atoms with Crippen molar-refractivity contribution in [3.63, 3.8) is 0 Å². The van der Waals surface area contributed by atoms with E-state index in [4.69, 9.17) is 9.73 Å². The highest BCUT2D eigenvalue weighted by atomic mass is 19.1. The Balaban J connectivity index is 1.99. The summed E-state index contributed by atoms with van der Waals surface area (Å²) in [5.41, 5.74) is 0.672. The van der Waals surface area contributed by atoms with Gasteiger partial charge in [0.1, 0.15) is 11.6 Å². The molecule has 146 valence electrons. The standard InChI is InChI=1S/C18H17F2N5O3/c1-9(22-18(26)25(3)27)16-14(20)7-11(8-21-16)12-5-4-6-13(19)15(12)17-23-10(2)28-24-17/h4-9,27H,1-3H3,(H,22,26)/t9-/m1/s1. The number of rotatable bonds is 4. The molecule has 0 aliphatic carbocycles. The molecule has 28 heavy (non-hydrogen) atoms. The molecule has 3 rings (SSSR count). The zero-order chi connectivity index (χ0) is 20.4. The van der Waals surface area contributed by atoms with Crippen molar-refractivity contribution in [3.05, 3.63) is 53.7 Å². The van der Waals surface area contributed by atoms with Gasteiger partial charge >= 0.3 is 6.03 Å². The number of amides is 2. The third-order valence-corrected chi connectivity index (χ3v) is 3.99. The smallest absolute Gasteiger partial charge is 0.339 e. The van der Waals surface area contributed by atoms with Gasteiger partial charge in [-0.25, -0.2) is 18.6 Å². The van der Waals surface area contributed by atoms with Crippen LogP contribution in [-0.4, -0.2) is 38.5 Å². The molecule has 0 bridgehead atoms. The van der Waals surface area contributed by atoms with Crippen LogP contribution in [-0.2, 0) is 0 Å². The van der Waals surface area contributed by atoms with E-state index in [1.807, 2.05) is 0 Å². The topological polar surface area (TPSA) is 104 Å². The molecule has 0 saturated heterocycles. The van der Waals surface area contributed by atoms with Crippen molar-refractivity contribution in [3.8, 4) is 22.5 Å². The fourth-order valence-corrected chi connectivity index (χ4v) is 2.65. The number of nitrogens with one attached hydrogen (secondary N) is 1. The summed E-state index contributed by atoms with van der Waals surface area (Å²) in [5.74, 6) is -0.983. The number of hydrogen-bond acceptors (Lipinski definition) is 6. The molecule has 1 atom stereocenters. The number of aromatic nitrogens is 3. The van der Waals surface area contributed by atoms with E-state index in [0.717, 1.165) is 7.05 Å². The van der Waals surface area contributed by atoms with Crippen LogP contribution in [0.2, 0.25) is 0 Å². The van der Waals surface area contributed by atoms with Gasteiger partial charge in [0.05, 0.1) is 17.3 Å². The van der Waals surface area contributed by atoms with Gasteiger partial charge in [0, 0.05) is 25.7 Å². The van der Waals surface area contributed by atoms with E-state index in [2.05, 4.69) is 20.4 Å². The predicted molar refractivity (Wildman–Crippen MR) is 94.1 cm³/mol. The van der Waals surface area contributed by atoms with Crippen LogP contribution < -0.4 is 5.32 Å². The highest BCUT2D eigenvalue weighted by Crippen LogP contribution is 2.33. The number of benzene rings is 1. The fraction of sp³-hybridized carbons (Fsp3) is 0.222. The van der Waals surface area contributed by atoms with E-state index in [9.17, 15) is 13.6 Å². The van der Waals surface area contributed by atoms with Crippen LogP contribution in [0.5, 0.6) is 0 Å². The van der Waals surface area contributed by atoms with Crippen LogP contribution in [0.1, 0.15) is 24.6 Å². The lowest BCUT2D eigenvalue weighted by Gasteiger charge is -2.17. The van der Waals surface area contributed by atoms with E-state index in [1.54, 1.807) is 13.0 Å². The summed E-state index contributed by atoms with van der Waals surface area (Å²) in [7, 11) is 1.14. The Hall–Kier alpha value is -3.40. The average Bonchev–Trinajstić information content (AvgIpc) is 3.07. The fourth-order valence-electron chi connectivity index (χ4n) is 2.65.